The lowest BCUT2D eigenvalue weighted by atomic mass is 10.3. The normalized spacial score (nSPS) is 11.2. The summed E-state index contributed by atoms with van der Waals surface area (Å²) in [6, 6.07) is 9.54. The largest absolute Gasteiger partial charge is 0.326 e. The summed E-state index contributed by atoms with van der Waals surface area (Å²) in [4.78, 5) is 11.1. The van der Waals surface area contributed by atoms with Gasteiger partial charge in [-0.25, -0.2) is 12.8 Å². The van der Waals surface area contributed by atoms with Gasteiger partial charge in [0, 0.05) is 19.2 Å². The molecule has 128 valence electrons. The molecule has 0 atom stereocenters. The van der Waals surface area contributed by atoms with Gasteiger partial charge in [-0.3, -0.25) is 9.10 Å². The van der Waals surface area contributed by atoms with Crippen molar-refractivity contribution in [3.05, 3.63) is 53.3 Å². The third-order valence-corrected chi connectivity index (χ3v) is 5.45. The molecule has 2 aromatic carbocycles. The van der Waals surface area contributed by atoms with Crippen LogP contribution in [-0.4, -0.2) is 20.9 Å². The van der Waals surface area contributed by atoms with Crippen LogP contribution in [0.4, 0.5) is 15.8 Å². The molecule has 0 aromatic heterocycles. The molecule has 2 aromatic rings. The van der Waals surface area contributed by atoms with Crippen molar-refractivity contribution < 1.29 is 17.6 Å². The standard InChI is InChI=1S/C16H16ClFN2O3S/c1-3-20(13-6-9-16(18)15(17)10-13)24(22,23)14-7-4-12(5-8-14)19-11(2)21/h4-10H,3H2,1-2H3,(H,19,21). The van der Waals surface area contributed by atoms with Gasteiger partial charge in [-0.1, -0.05) is 11.6 Å². The average molecular weight is 371 g/mol. The van der Waals surface area contributed by atoms with Gasteiger partial charge in [0.15, 0.2) is 0 Å². The molecule has 0 spiro atoms. The van der Waals surface area contributed by atoms with Crippen LogP contribution >= 0.6 is 11.6 Å². The van der Waals surface area contributed by atoms with Crippen molar-refractivity contribution in [2.75, 3.05) is 16.2 Å². The van der Waals surface area contributed by atoms with Crippen molar-refractivity contribution in [3.8, 4) is 0 Å². The number of carbonyl (C=O) groups is 1. The zero-order valence-electron chi connectivity index (χ0n) is 13.1. The molecule has 2 rings (SSSR count). The third-order valence-electron chi connectivity index (χ3n) is 3.24. The lowest BCUT2D eigenvalue weighted by Crippen LogP contribution is -2.30. The highest BCUT2D eigenvalue weighted by Crippen LogP contribution is 2.28. The third kappa shape index (κ3) is 3.85. The molecule has 5 nitrogen and oxygen atoms in total. The summed E-state index contributed by atoms with van der Waals surface area (Å²) < 4.78 is 40.0. The van der Waals surface area contributed by atoms with E-state index >= 15 is 0 Å². The van der Waals surface area contributed by atoms with Crippen LogP contribution in [0.15, 0.2) is 47.4 Å². The van der Waals surface area contributed by atoms with Gasteiger partial charge in [-0.05, 0) is 49.4 Å². The lowest BCUT2D eigenvalue weighted by Gasteiger charge is -2.23. The second kappa shape index (κ2) is 7.19. The van der Waals surface area contributed by atoms with Gasteiger partial charge in [0.2, 0.25) is 5.91 Å². The predicted molar refractivity (Wildman–Crippen MR) is 92.4 cm³/mol. The number of carbonyl (C=O) groups excluding carboxylic acids is 1. The molecule has 0 saturated heterocycles. The topological polar surface area (TPSA) is 66.5 Å². The maximum atomic E-state index is 13.3. The molecule has 0 radical (unpaired) electrons. The van der Waals surface area contributed by atoms with Crippen LogP contribution in [0, 0.1) is 5.82 Å². The Morgan fingerprint density at radius 2 is 1.83 bits per heavy atom. The van der Waals surface area contributed by atoms with E-state index < -0.39 is 15.8 Å². The van der Waals surface area contributed by atoms with Crippen LogP contribution in [0.25, 0.3) is 0 Å². The van der Waals surface area contributed by atoms with Crippen LogP contribution in [0.1, 0.15) is 13.8 Å². The summed E-state index contributed by atoms with van der Waals surface area (Å²) in [7, 11) is -3.84. The number of hydrogen-bond acceptors (Lipinski definition) is 3. The molecule has 0 aliphatic rings. The van der Waals surface area contributed by atoms with Crippen molar-refractivity contribution in [3.63, 3.8) is 0 Å². The van der Waals surface area contributed by atoms with Gasteiger partial charge >= 0.3 is 0 Å². The molecule has 0 saturated carbocycles. The summed E-state index contributed by atoms with van der Waals surface area (Å²) in [5.74, 6) is -0.865. The minimum atomic E-state index is -3.84. The van der Waals surface area contributed by atoms with E-state index in [1.165, 1.54) is 43.3 Å². The van der Waals surface area contributed by atoms with Gasteiger partial charge in [0.05, 0.1) is 15.6 Å². The minimum absolute atomic E-state index is 0.0545. The molecule has 1 amide bonds. The second-order valence-corrected chi connectivity index (χ2v) is 7.24. The molecule has 0 aliphatic carbocycles. The van der Waals surface area contributed by atoms with E-state index in [4.69, 9.17) is 11.6 Å². The Hall–Kier alpha value is -2.12. The number of hydrogen-bond donors (Lipinski definition) is 1. The zero-order chi connectivity index (χ0) is 17.9. The van der Waals surface area contributed by atoms with Crippen molar-refractivity contribution in [1.29, 1.82) is 0 Å². The van der Waals surface area contributed by atoms with Gasteiger partial charge in [-0.15, -0.1) is 0 Å². The van der Waals surface area contributed by atoms with E-state index in [0.29, 0.717) is 5.69 Å². The molecular weight excluding hydrogens is 355 g/mol. The number of amides is 1. The highest BCUT2D eigenvalue weighted by molar-refractivity contribution is 7.92. The zero-order valence-corrected chi connectivity index (χ0v) is 14.7. The van der Waals surface area contributed by atoms with Crippen LogP contribution in [0.3, 0.4) is 0 Å². The molecule has 0 unspecified atom stereocenters. The smallest absolute Gasteiger partial charge is 0.264 e. The van der Waals surface area contributed by atoms with Crippen molar-refractivity contribution >= 4 is 38.9 Å². The van der Waals surface area contributed by atoms with E-state index in [1.54, 1.807) is 6.92 Å². The molecular formula is C16H16ClFN2O3S. The number of nitrogens with zero attached hydrogens (tertiary/aromatic N) is 1. The van der Waals surface area contributed by atoms with E-state index in [9.17, 15) is 17.6 Å². The number of halogens is 2. The number of sulfonamides is 1. The van der Waals surface area contributed by atoms with Crippen LogP contribution in [-0.2, 0) is 14.8 Å². The summed E-state index contributed by atoms with van der Waals surface area (Å²) in [6.45, 7) is 3.18. The predicted octanol–water partition coefficient (Wildman–Crippen LogP) is 3.65. The summed E-state index contributed by atoms with van der Waals surface area (Å²) in [6.07, 6.45) is 0. The maximum Gasteiger partial charge on any atom is 0.264 e. The summed E-state index contributed by atoms with van der Waals surface area (Å²) in [5.41, 5.74) is 0.768. The minimum Gasteiger partial charge on any atom is -0.326 e. The number of nitrogens with one attached hydrogen (secondary N) is 1. The van der Waals surface area contributed by atoms with Gasteiger partial charge in [0.25, 0.3) is 10.0 Å². The van der Waals surface area contributed by atoms with Crippen LogP contribution < -0.4 is 9.62 Å². The van der Waals surface area contributed by atoms with Crippen LogP contribution in [0.2, 0.25) is 5.02 Å². The summed E-state index contributed by atoms with van der Waals surface area (Å²) in [5, 5.41) is 2.41. The molecule has 0 fully saturated rings. The lowest BCUT2D eigenvalue weighted by molar-refractivity contribution is -0.114. The molecule has 0 bridgehead atoms. The fourth-order valence-corrected chi connectivity index (χ4v) is 3.81. The maximum absolute atomic E-state index is 13.3. The van der Waals surface area contributed by atoms with Gasteiger partial charge < -0.3 is 5.32 Å². The number of anilines is 2. The second-order valence-electron chi connectivity index (χ2n) is 4.97. The first-order valence-electron chi connectivity index (χ1n) is 7.11. The van der Waals surface area contributed by atoms with Crippen molar-refractivity contribution in [2.45, 2.75) is 18.7 Å². The highest BCUT2D eigenvalue weighted by Gasteiger charge is 2.24. The van der Waals surface area contributed by atoms with E-state index in [1.807, 2.05) is 0 Å². The highest BCUT2D eigenvalue weighted by atomic mass is 35.5. The van der Waals surface area contributed by atoms with Gasteiger partial charge in [-0.2, -0.15) is 0 Å². The number of rotatable bonds is 5. The molecule has 0 aliphatic heterocycles. The molecule has 1 N–H and O–H groups in total. The first-order valence-corrected chi connectivity index (χ1v) is 8.93. The number of benzene rings is 2. The monoisotopic (exact) mass is 370 g/mol. The Morgan fingerprint density at radius 1 is 1.21 bits per heavy atom. The Balaban J connectivity index is 2.39. The van der Waals surface area contributed by atoms with Crippen molar-refractivity contribution in [2.24, 2.45) is 0 Å². The molecule has 24 heavy (non-hydrogen) atoms. The Bertz CT molecular complexity index is 854. The molecule has 0 heterocycles. The Labute approximate surface area is 145 Å². The first kappa shape index (κ1) is 18.2. The van der Waals surface area contributed by atoms with Gasteiger partial charge in [0.1, 0.15) is 5.82 Å². The van der Waals surface area contributed by atoms with E-state index in [0.717, 1.165) is 10.4 Å². The SMILES string of the molecule is CCN(c1ccc(F)c(Cl)c1)S(=O)(=O)c1ccc(NC(C)=O)cc1. The quantitative estimate of drug-likeness (QED) is 0.873. The summed E-state index contributed by atoms with van der Waals surface area (Å²) >= 11 is 5.74. The van der Waals surface area contributed by atoms with Crippen molar-refractivity contribution in [1.82, 2.24) is 0 Å². The van der Waals surface area contributed by atoms with E-state index in [2.05, 4.69) is 5.32 Å². The average Bonchev–Trinajstić information content (AvgIpc) is 2.51. The van der Waals surface area contributed by atoms with Crippen LogP contribution in [0.5, 0.6) is 0 Å². The first-order chi connectivity index (χ1) is 11.3. The fraction of sp³-hybridized carbons (Fsp3) is 0.188. The Kier molecular flexibility index (Phi) is 5.46. The Morgan fingerprint density at radius 3 is 2.33 bits per heavy atom. The van der Waals surface area contributed by atoms with E-state index in [-0.39, 0.29) is 28.1 Å². The fourth-order valence-electron chi connectivity index (χ4n) is 2.17. The molecule has 8 heteroatoms.